The molecule has 0 radical (unpaired) electrons. The van der Waals surface area contributed by atoms with Crippen molar-refractivity contribution >= 4 is 67.4 Å². The number of rotatable bonds is 8. The molecule has 0 spiro atoms. The number of hydrogen-bond donors (Lipinski definition) is 2. The third kappa shape index (κ3) is 5.36. The Kier molecular flexibility index (Phi) is 10.0. The number of aromatic nitrogens is 4. The maximum atomic E-state index is 5.28. The van der Waals surface area contributed by atoms with Crippen molar-refractivity contribution in [1.29, 1.82) is 0 Å². The summed E-state index contributed by atoms with van der Waals surface area (Å²) in [4.78, 5) is 18.2. The second kappa shape index (κ2) is 13.1. The van der Waals surface area contributed by atoms with Gasteiger partial charge in [0, 0.05) is 22.1 Å². The van der Waals surface area contributed by atoms with Gasteiger partial charge in [-0.05, 0) is 120 Å². The summed E-state index contributed by atoms with van der Waals surface area (Å²) in [6, 6.07) is 9.24. The summed E-state index contributed by atoms with van der Waals surface area (Å²) in [5.41, 5.74) is 20.2. The molecule has 5 rings (SSSR count). The van der Waals surface area contributed by atoms with Gasteiger partial charge in [-0.25, -0.2) is 9.97 Å². The average molecular weight is 559 g/mol. The van der Waals surface area contributed by atoms with Crippen LogP contribution in [-0.4, -0.2) is 43.0 Å². The fraction of sp³-hybridized carbons (Fsp3) is 0.444. The number of aryl methyl sites for hydroxylation is 4. The Hall–Kier alpha value is -2.63. The molecule has 0 unspecified atom stereocenters. The second-order valence-corrected chi connectivity index (χ2v) is 10.9. The third-order valence-corrected chi connectivity index (χ3v) is 8.97. The summed E-state index contributed by atoms with van der Waals surface area (Å²) < 4.78 is 0. The van der Waals surface area contributed by atoms with Gasteiger partial charge in [-0.1, -0.05) is 55.4 Å². The van der Waals surface area contributed by atoms with Crippen molar-refractivity contribution in [2.45, 2.75) is 107 Å². The van der Waals surface area contributed by atoms with Gasteiger partial charge in [-0.3, -0.25) is 0 Å². The maximum Gasteiger partial charge on any atom is 2.00 e. The van der Waals surface area contributed by atoms with Crippen LogP contribution in [0.2, 0.25) is 0 Å². The molecule has 4 nitrogen and oxygen atoms in total. The van der Waals surface area contributed by atoms with Crippen LogP contribution >= 0.6 is 0 Å². The minimum absolute atomic E-state index is 0. The van der Waals surface area contributed by atoms with Crippen molar-refractivity contribution in [2.24, 2.45) is 0 Å². The van der Waals surface area contributed by atoms with Gasteiger partial charge < -0.3 is 9.97 Å². The monoisotopic (exact) mass is 558 g/mol. The van der Waals surface area contributed by atoms with Crippen molar-refractivity contribution in [2.75, 3.05) is 0 Å². The molecule has 0 saturated carbocycles. The fourth-order valence-corrected chi connectivity index (χ4v) is 7.10. The van der Waals surface area contributed by atoms with Crippen molar-refractivity contribution in [3.05, 3.63) is 69.3 Å². The van der Waals surface area contributed by atoms with E-state index in [1.54, 1.807) is 0 Å². The first-order chi connectivity index (χ1) is 19.5. The Morgan fingerprint density at radius 2 is 0.659 bits per heavy atom. The van der Waals surface area contributed by atoms with E-state index in [0.717, 1.165) is 74.1 Å². The van der Waals surface area contributed by atoms with Crippen molar-refractivity contribution in [3.63, 3.8) is 0 Å². The van der Waals surface area contributed by atoms with Crippen molar-refractivity contribution < 1.29 is 0 Å². The molecule has 0 aromatic carbocycles. The molecule has 3 aromatic rings. The van der Waals surface area contributed by atoms with E-state index in [0.29, 0.717) is 0 Å². The van der Waals surface area contributed by atoms with Crippen LogP contribution < -0.4 is 0 Å². The molecule has 8 bridgehead atoms. The number of fused-ring (bicyclic) bond motifs is 8. The standard InChI is InChI=1S/C36H46N4.Mg/c1-9-21-22(10-2)30-18-32-25(13-5)26(14-6)34(39-32)20-36-28(16-8)27(15-7)35(40-36)19-33-24(12-4)23(11-3)31(38-33)17-29(21)37-30;/h17-20,37-38H,9-16H2,1-8H3;/q;+2. The molecule has 3 aromatic heterocycles. The molecule has 5 heterocycles. The number of allylic oxidation sites excluding steroid dienone is 4. The van der Waals surface area contributed by atoms with E-state index < -0.39 is 0 Å². The Morgan fingerprint density at radius 3 is 0.927 bits per heavy atom. The van der Waals surface area contributed by atoms with Crippen LogP contribution in [0.15, 0.2) is 24.3 Å². The average Bonchev–Trinajstić information content (AvgIpc) is 3.67. The zero-order valence-electron chi connectivity index (χ0n) is 26.6. The van der Waals surface area contributed by atoms with Crippen LogP contribution in [0.1, 0.15) is 126 Å². The predicted molar refractivity (Wildman–Crippen MR) is 179 cm³/mol. The maximum absolute atomic E-state index is 5.28. The van der Waals surface area contributed by atoms with Crippen LogP contribution in [0.4, 0.5) is 0 Å². The summed E-state index contributed by atoms with van der Waals surface area (Å²) in [7, 11) is 0. The van der Waals surface area contributed by atoms with Gasteiger partial charge in [0.2, 0.25) is 0 Å². The van der Waals surface area contributed by atoms with Crippen LogP contribution in [0.25, 0.3) is 44.4 Å². The molecule has 41 heavy (non-hydrogen) atoms. The predicted octanol–water partition coefficient (Wildman–Crippen LogP) is 9.65. The molecule has 0 amide bonds. The van der Waals surface area contributed by atoms with Crippen LogP contribution in [0, 0.1) is 0 Å². The summed E-state index contributed by atoms with van der Waals surface area (Å²) in [5, 5.41) is 0. The van der Waals surface area contributed by atoms with E-state index >= 15 is 0 Å². The van der Waals surface area contributed by atoms with Gasteiger partial charge in [-0.2, -0.15) is 0 Å². The van der Waals surface area contributed by atoms with Gasteiger partial charge in [0.15, 0.2) is 0 Å². The Bertz CT molecular complexity index is 1560. The van der Waals surface area contributed by atoms with E-state index in [9.17, 15) is 0 Å². The summed E-state index contributed by atoms with van der Waals surface area (Å²) >= 11 is 0. The Labute approximate surface area is 262 Å². The van der Waals surface area contributed by atoms with Gasteiger partial charge >= 0.3 is 23.1 Å². The van der Waals surface area contributed by atoms with Gasteiger partial charge in [0.25, 0.3) is 0 Å². The van der Waals surface area contributed by atoms with Crippen LogP contribution in [-0.2, 0) is 25.7 Å². The molecular formula is C36H46MgN4+2. The Morgan fingerprint density at radius 1 is 0.390 bits per heavy atom. The molecular weight excluding hydrogens is 513 g/mol. The first kappa shape index (κ1) is 31.3. The minimum atomic E-state index is 0. The summed E-state index contributed by atoms with van der Waals surface area (Å²) in [6.45, 7) is 18.1. The number of hydrogen-bond acceptors (Lipinski definition) is 2. The molecule has 0 atom stereocenters. The van der Waals surface area contributed by atoms with Gasteiger partial charge in [0.05, 0.1) is 22.8 Å². The first-order valence-corrected chi connectivity index (χ1v) is 15.7. The van der Waals surface area contributed by atoms with E-state index in [-0.39, 0.29) is 23.1 Å². The number of H-pyrrole nitrogens is 2. The van der Waals surface area contributed by atoms with E-state index in [4.69, 9.17) is 9.97 Å². The summed E-state index contributed by atoms with van der Waals surface area (Å²) in [6.07, 6.45) is 7.84. The van der Waals surface area contributed by atoms with Gasteiger partial charge in [-0.15, -0.1) is 0 Å². The quantitative estimate of drug-likeness (QED) is 0.270. The topological polar surface area (TPSA) is 57.4 Å². The number of aromatic amines is 2. The molecule has 210 valence electrons. The summed E-state index contributed by atoms with van der Waals surface area (Å²) in [5.74, 6) is 0. The van der Waals surface area contributed by atoms with Crippen LogP contribution in [0.3, 0.4) is 0 Å². The zero-order valence-corrected chi connectivity index (χ0v) is 28.0. The number of nitrogens with zero attached hydrogens (tertiary/aromatic N) is 2. The molecule has 2 aliphatic rings. The largest absolute Gasteiger partial charge is 2.00 e. The minimum Gasteiger partial charge on any atom is -0.355 e. The zero-order chi connectivity index (χ0) is 28.6. The van der Waals surface area contributed by atoms with E-state index in [2.05, 4.69) is 89.6 Å². The van der Waals surface area contributed by atoms with Gasteiger partial charge in [0.1, 0.15) is 0 Å². The molecule has 2 aliphatic heterocycles. The second-order valence-electron chi connectivity index (χ2n) is 10.9. The molecule has 0 aliphatic carbocycles. The van der Waals surface area contributed by atoms with E-state index in [1.807, 2.05) is 0 Å². The van der Waals surface area contributed by atoms with Crippen molar-refractivity contribution in [1.82, 2.24) is 19.9 Å². The first-order valence-electron chi connectivity index (χ1n) is 15.7. The van der Waals surface area contributed by atoms with Crippen molar-refractivity contribution in [3.8, 4) is 0 Å². The molecule has 0 fully saturated rings. The Balaban J connectivity index is 0.00000387. The molecule has 5 heteroatoms. The normalized spacial score (nSPS) is 13.3. The molecule has 0 saturated heterocycles. The molecule has 2 N–H and O–H groups in total. The SMILES string of the molecule is CCC1=C(CC)c2cc3[nH]c(cc4[nH]c(cc5nc(cc1n2)C(CC)=C5CC)c(CC)c4CC)c(CC)c3CC.[Mg+2]. The third-order valence-electron chi connectivity index (χ3n) is 8.97. The smallest absolute Gasteiger partial charge is 0.355 e. The fourth-order valence-electron chi connectivity index (χ4n) is 7.10. The van der Waals surface area contributed by atoms with E-state index in [1.165, 1.54) is 66.6 Å². The van der Waals surface area contributed by atoms with Crippen LogP contribution in [0.5, 0.6) is 0 Å². The number of nitrogens with one attached hydrogen (secondary N) is 2.